The van der Waals surface area contributed by atoms with Crippen molar-refractivity contribution in [2.45, 2.75) is 79.9 Å². The zero-order valence-corrected chi connectivity index (χ0v) is 35.2. The molecule has 5 heteroatoms. The predicted molar refractivity (Wildman–Crippen MR) is 201 cm³/mol. The molecule has 0 bridgehead atoms. The van der Waals surface area contributed by atoms with Gasteiger partial charge in [-0.2, -0.15) is 0 Å². The maximum Gasteiger partial charge on any atom is -1.00 e. The number of allylic oxidation sites excluding steroid dienone is 2. The first kappa shape index (κ1) is 36.8. The van der Waals surface area contributed by atoms with Gasteiger partial charge >= 0.3 is 300 Å². The Morgan fingerprint density at radius 1 is 0.490 bits per heavy atom. The zero-order chi connectivity index (χ0) is 33.0. The van der Waals surface area contributed by atoms with E-state index in [2.05, 4.69) is 97.1 Å². The number of benzene rings is 4. The fourth-order valence-corrected chi connectivity index (χ4v) is 38.8. The van der Waals surface area contributed by atoms with Crippen LogP contribution in [0.2, 0.25) is 8.35 Å². The summed E-state index contributed by atoms with van der Waals surface area (Å²) in [5.41, 5.74) is 15.6. The van der Waals surface area contributed by atoms with Crippen molar-refractivity contribution in [3.05, 3.63) is 118 Å². The van der Waals surface area contributed by atoms with Crippen molar-refractivity contribution >= 4 is 12.2 Å². The van der Waals surface area contributed by atoms with Crippen LogP contribution in [0, 0.1) is 11.8 Å². The summed E-state index contributed by atoms with van der Waals surface area (Å²) in [6, 6.07) is 32.3. The number of methoxy groups -OCH3 is 2. The second-order valence-corrected chi connectivity index (χ2v) is 32.2. The van der Waals surface area contributed by atoms with Crippen LogP contribution in [-0.4, -0.2) is 14.2 Å². The van der Waals surface area contributed by atoms with Crippen LogP contribution in [0.1, 0.15) is 93.8 Å². The number of hydrogen-bond donors (Lipinski definition) is 0. The van der Waals surface area contributed by atoms with E-state index in [1.165, 1.54) is 106 Å². The van der Waals surface area contributed by atoms with E-state index in [4.69, 9.17) is 9.47 Å². The van der Waals surface area contributed by atoms with E-state index in [9.17, 15) is 0 Å². The third-order valence-corrected chi connectivity index (χ3v) is 32.0. The first-order valence-corrected chi connectivity index (χ1v) is 28.4. The Labute approximate surface area is 322 Å². The summed E-state index contributed by atoms with van der Waals surface area (Å²) in [7, 11) is 3.53. The molecule has 0 amide bonds. The van der Waals surface area contributed by atoms with Crippen molar-refractivity contribution in [1.82, 2.24) is 0 Å². The van der Waals surface area contributed by atoms with Gasteiger partial charge < -0.3 is 24.8 Å². The minimum Gasteiger partial charge on any atom is -1.00 e. The van der Waals surface area contributed by atoms with E-state index in [0.717, 1.165) is 23.3 Å². The third kappa shape index (κ3) is 6.52. The van der Waals surface area contributed by atoms with Crippen molar-refractivity contribution in [2.24, 2.45) is 11.8 Å². The third-order valence-electron chi connectivity index (χ3n) is 13.1. The van der Waals surface area contributed by atoms with Gasteiger partial charge in [0.1, 0.15) is 0 Å². The Balaban J connectivity index is 0.00000203. The van der Waals surface area contributed by atoms with Crippen molar-refractivity contribution < 1.29 is 54.3 Å². The second kappa shape index (κ2) is 15.4. The molecule has 4 aromatic carbocycles. The smallest absolute Gasteiger partial charge is 1.00 e. The van der Waals surface area contributed by atoms with Gasteiger partial charge in [-0.15, -0.1) is 0 Å². The SMILES string of the molecule is COc1ccc(-c2cccc3c2C=C(C2CCCCC2)[CH]3[Hf+2]2([CH]3C(C4CCCCC4)=Cc4c(-c5ccc(OC)cc5)cccc43)[CH2][CH2]2)cc1.[Cl-].[Cl-]. The van der Waals surface area contributed by atoms with Crippen LogP contribution >= 0.6 is 0 Å². The summed E-state index contributed by atoms with van der Waals surface area (Å²) in [5, 5.41) is 0. The monoisotopic (exact) mass is 884 g/mol. The summed E-state index contributed by atoms with van der Waals surface area (Å²) in [5.74, 6) is 3.36. The number of fused-ring (bicyclic) bond motifs is 2. The molecule has 4 aliphatic carbocycles. The average molecular weight is 884 g/mol. The van der Waals surface area contributed by atoms with Crippen molar-refractivity contribution in [1.29, 1.82) is 0 Å². The molecule has 9 rings (SSSR count). The predicted octanol–water partition coefficient (Wildman–Crippen LogP) is 6.79. The van der Waals surface area contributed by atoms with Gasteiger partial charge in [-0.3, -0.25) is 0 Å². The van der Waals surface area contributed by atoms with E-state index in [1.807, 2.05) is 11.1 Å². The molecule has 2 saturated carbocycles. The minimum atomic E-state index is -3.08. The van der Waals surface area contributed by atoms with Gasteiger partial charge in [0.05, 0.1) is 0 Å². The average Bonchev–Trinajstić information content (AvgIpc) is 3.69. The molecule has 1 saturated heterocycles. The number of hydrogen-bond acceptors (Lipinski definition) is 2. The maximum absolute atomic E-state index is 5.54. The summed E-state index contributed by atoms with van der Waals surface area (Å²) in [4.78, 5) is 0. The normalized spacial score (nSPS) is 21.5. The molecular formula is C46H50Cl2HfO2. The quantitative estimate of drug-likeness (QED) is 0.182. The molecule has 264 valence electrons. The van der Waals surface area contributed by atoms with Gasteiger partial charge in [0, 0.05) is 0 Å². The molecule has 0 N–H and O–H groups in total. The van der Waals surface area contributed by atoms with Crippen molar-refractivity contribution in [3.8, 4) is 33.8 Å². The van der Waals surface area contributed by atoms with E-state index in [0.29, 0.717) is 7.35 Å². The zero-order valence-electron chi connectivity index (χ0n) is 30.1. The fourth-order valence-electron chi connectivity index (χ4n) is 10.6. The molecule has 4 aromatic rings. The summed E-state index contributed by atoms with van der Waals surface area (Å²) >= 11 is -3.08. The molecule has 3 fully saturated rings. The van der Waals surface area contributed by atoms with Gasteiger partial charge in [0.25, 0.3) is 0 Å². The number of ether oxygens (including phenoxy) is 2. The minimum absolute atomic E-state index is 0. The Morgan fingerprint density at radius 2 is 0.882 bits per heavy atom. The molecule has 51 heavy (non-hydrogen) atoms. The molecule has 5 aliphatic rings. The van der Waals surface area contributed by atoms with Crippen LogP contribution in [0.4, 0.5) is 0 Å². The summed E-state index contributed by atoms with van der Waals surface area (Å²) in [6.45, 7) is 0. The Bertz CT molecular complexity index is 1780. The molecule has 0 radical (unpaired) electrons. The Morgan fingerprint density at radius 3 is 1.24 bits per heavy atom. The first-order valence-electron chi connectivity index (χ1n) is 19.2. The van der Waals surface area contributed by atoms with Gasteiger partial charge in [0.15, 0.2) is 0 Å². The molecule has 1 aliphatic heterocycles. The van der Waals surface area contributed by atoms with Crippen LogP contribution < -0.4 is 34.3 Å². The Kier molecular flexibility index (Phi) is 11.1. The van der Waals surface area contributed by atoms with E-state index >= 15 is 0 Å². The van der Waals surface area contributed by atoms with Crippen LogP contribution in [0.5, 0.6) is 11.5 Å². The van der Waals surface area contributed by atoms with E-state index in [1.54, 1.807) is 25.3 Å². The largest absolute Gasteiger partial charge is 1.00 e. The fraction of sp³-hybridized carbons (Fsp3) is 0.391. The second-order valence-electron chi connectivity index (χ2n) is 15.6. The molecular weight excluding hydrogens is 834 g/mol. The summed E-state index contributed by atoms with van der Waals surface area (Å²) in [6.07, 6.45) is 19.4. The number of rotatable bonds is 8. The van der Waals surface area contributed by atoms with Gasteiger partial charge in [0.2, 0.25) is 0 Å². The molecule has 2 unspecified atom stereocenters. The number of halogens is 2. The maximum atomic E-state index is 5.54. The summed E-state index contributed by atoms with van der Waals surface area (Å²) < 4.78 is 15.6. The molecule has 0 spiro atoms. The van der Waals surface area contributed by atoms with Crippen LogP contribution in [-0.2, 0) is 20.0 Å². The van der Waals surface area contributed by atoms with Gasteiger partial charge in [-0.1, -0.05) is 0 Å². The van der Waals surface area contributed by atoms with Gasteiger partial charge in [-0.05, 0) is 0 Å². The topological polar surface area (TPSA) is 18.5 Å². The Hall–Kier alpha value is -2.59. The molecule has 2 nitrogen and oxygen atoms in total. The van der Waals surface area contributed by atoms with E-state index < -0.39 is 20.0 Å². The van der Waals surface area contributed by atoms with Crippen molar-refractivity contribution in [2.75, 3.05) is 14.2 Å². The van der Waals surface area contributed by atoms with Crippen LogP contribution in [0.3, 0.4) is 0 Å². The molecule has 0 aromatic heterocycles. The molecule has 2 atom stereocenters. The van der Waals surface area contributed by atoms with Gasteiger partial charge in [-0.25, -0.2) is 0 Å². The van der Waals surface area contributed by atoms with Crippen LogP contribution in [0.15, 0.2) is 96.1 Å². The first-order chi connectivity index (χ1) is 24.2. The standard InChI is InChI=1S/2C22H23O.C2H4.2ClH.Hf/c2*1-23-20-12-10-17(11-13-20)21-9-5-8-18-14-19(15-22(18)21)16-6-3-2-4-7-16;1-2;;;/h2*5,8-16H,2-4,6-7H2,1H3;1-2H2;2*1H;/q;;;;;+2/p-2. The van der Waals surface area contributed by atoms with E-state index in [-0.39, 0.29) is 24.8 Å². The molecule has 1 heterocycles. The van der Waals surface area contributed by atoms with Crippen LogP contribution in [0.25, 0.3) is 34.4 Å². The van der Waals surface area contributed by atoms with Crippen molar-refractivity contribution in [3.63, 3.8) is 0 Å².